The van der Waals surface area contributed by atoms with Crippen LogP contribution in [0.1, 0.15) is 27.9 Å². The number of carboxylic acids is 1. The van der Waals surface area contributed by atoms with Crippen LogP contribution in [0.2, 0.25) is 0 Å². The second-order valence-electron chi connectivity index (χ2n) is 5.77. The lowest BCUT2D eigenvalue weighted by atomic mass is 9.86. The summed E-state index contributed by atoms with van der Waals surface area (Å²) < 4.78 is 10.3. The van der Waals surface area contributed by atoms with Gasteiger partial charge in [0, 0.05) is 11.1 Å². The third-order valence-corrected chi connectivity index (χ3v) is 4.10. The molecule has 0 fully saturated rings. The van der Waals surface area contributed by atoms with Gasteiger partial charge in [-0.05, 0) is 60.4 Å². The molecule has 25 heavy (non-hydrogen) atoms. The predicted molar refractivity (Wildman–Crippen MR) is 93.2 cm³/mol. The molecule has 1 aliphatic carbocycles. The number of fused-ring (bicyclic) bond motifs is 1. The molecule has 2 aromatic rings. The minimum absolute atomic E-state index is 0.0371. The van der Waals surface area contributed by atoms with Crippen molar-refractivity contribution in [2.75, 3.05) is 13.7 Å². The third-order valence-electron chi connectivity index (χ3n) is 4.10. The van der Waals surface area contributed by atoms with E-state index in [9.17, 15) is 9.59 Å². The van der Waals surface area contributed by atoms with Crippen LogP contribution in [0, 0.1) is 0 Å². The number of rotatable bonds is 5. The van der Waals surface area contributed by atoms with Gasteiger partial charge in [-0.25, -0.2) is 4.79 Å². The molecule has 5 nitrogen and oxygen atoms in total. The maximum Gasteiger partial charge on any atom is 0.341 e. The summed E-state index contributed by atoms with van der Waals surface area (Å²) in [6.07, 6.45) is 3.34. The molecule has 0 saturated carbocycles. The fraction of sp³-hybridized carbons (Fsp3) is 0.200. The molecule has 0 amide bonds. The van der Waals surface area contributed by atoms with Crippen LogP contribution in [0.15, 0.2) is 48.0 Å². The fourth-order valence-corrected chi connectivity index (χ4v) is 2.83. The fourth-order valence-electron chi connectivity index (χ4n) is 2.83. The Balaban J connectivity index is 1.77. The van der Waals surface area contributed by atoms with E-state index in [1.807, 2.05) is 18.2 Å². The van der Waals surface area contributed by atoms with E-state index in [0.717, 1.165) is 34.4 Å². The van der Waals surface area contributed by atoms with Crippen LogP contribution in [0.3, 0.4) is 0 Å². The summed E-state index contributed by atoms with van der Waals surface area (Å²) in [4.78, 5) is 23.2. The Morgan fingerprint density at radius 1 is 1.12 bits per heavy atom. The number of aliphatic carboxylic acids is 1. The second kappa shape index (κ2) is 7.21. The van der Waals surface area contributed by atoms with Crippen LogP contribution in [-0.4, -0.2) is 30.6 Å². The Hall–Kier alpha value is -3.08. The molecule has 0 unspecified atom stereocenters. The van der Waals surface area contributed by atoms with Gasteiger partial charge in [0.25, 0.3) is 0 Å². The molecule has 0 spiro atoms. The largest absolute Gasteiger partial charge is 0.497 e. The summed E-state index contributed by atoms with van der Waals surface area (Å²) in [5, 5.41) is 8.61. The van der Waals surface area contributed by atoms with Crippen LogP contribution < -0.4 is 9.47 Å². The summed E-state index contributed by atoms with van der Waals surface area (Å²) in [6, 6.07) is 12.5. The number of hydrogen-bond acceptors (Lipinski definition) is 4. The van der Waals surface area contributed by atoms with Gasteiger partial charge in [0.15, 0.2) is 12.4 Å². The Morgan fingerprint density at radius 2 is 1.84 bits per heavy atom. The van der Waals surface area contributed by atoms with Crippen molar-refractivity contribution in [1.82, 2.24) is 0 Å². The van der Waals surface area contributed by atoms with E-state index in [1.54, 1.807) is 37.4 Å². The van der Waals surface area contributed by atoms with Crippen LogP contribution in [0.5, 0.6) is 11.5 Å². The van der Waals surface area contributed by atoms with Gasteiger partial charge < -0.3 is 14.6 Å². The van der Waals surface area contributed by atoms with Crippen LogP contribution in [-0.2, 0) is 11.2 Å². The van der Waals surface area contributed by atoms with E-state index >= 15 is 0 Å². The van der Waals surface area contributed by atoms with E-state index in [1.165, 1.54) is 0 Å². The number of carbonyl (C=O) groups excluding carboxylic acids is 1. The van der Waals surface area contributed by atoms with Gasteiger partial charge in [-0.1, -0.05) is 12.1 Å². The summed E-state index contributed by atoms with van der Waals surface area (Å²) in [6.45, 7) is -0.376. The Kier molecular flexibility index (Phi) is 4.84. The molecule has 0 saturated heterocycles. The first-order valence-electron chi connectivity index (χ1n) is 7.93. The van der Waals surface area contributed by atoms with Crippen molar-refractivity contribution in [2.45, 2.75) is 12.8 Å². The quantitative estimate of drug-likeness (QED) is 0.846. The summed E-state index contributed by atoms with van der Waals surface area (Å²) >= 11 is 0. The number of ketones is 1. The molecule has 3 rings (SSSR count). The van der Waals surface area contributed by atoms with E-state index in [0.29, 0.717) is 12.2 Å². The average molecular weight is 338 g/mol. The van der Waals surface area contributed by atoms with Crippen molar-refractivity contribution < 1.29 is 24.2 Å². The van der Waals surface area contributed by atoms with Crippen LogP contribution >= 0.6 is 0 Å². The van der Waals surface area contributed by atoms with Gasteiger partial charge in [0.2, 0.25) is 0 Å². The van der Waals surface area contributed by atoms with Gasteiger partial charge in [0.1, 0.15) is 11.5 Å². The number of benzene rings is 2. The summed E-state index contributed by atoms with van der Waals surface area (Å²) in [7, 11) is 1.61. The van der Waals surface area contributed by atoms with E-state index in [2.05, 4.69) is 0 Å². The van der Waals surface area contributed by atoms with E-state index in [-0.39, 0.29) is 12.4 Å². The molecular formula is C20H18O5. The van der Waals surface area contributed by atoms with Crippen molar-refractivity contribution in [1.29, 1.82) is 0 Å². The minimum Gasteiger partial charge on any atom is -0.497 e. The van der Waals surface area contributed by atoms with Crippen molar-refractivity contribution >= 4 is 17.8 Å². The lowest BCUT2D eigenvalue weighted by molar-refractivity contribution is -0.139. The van der Waals surface area contributed by atoms with Crippen LogP contribution in [0.4, 0.5) is 0 Å². The first kappa shape index (κ1) is 16.8. The highest BCUT2D eigenvalue weighted by Crippen LogP contribution is 2.29. The number of aryl methyl sites for hydroxylation is 1. The number of allylic oxidation sites excluding steroid dienone is 1. The molecule has 0 aromatic heterocycles. The molecule has 0 atom stereocenters. The van der Waals surface area contributed by atoms with E-state index < -0.39 is 5.97 Å². The predicted octanol–water partition coefficient (Wildman–Crippen LogP) is 3.37. The molecule has 128 valence electrons. The molecule has 5 heteroatoms. The van der Waals surface area contributed by atoms with Gasteiger partial charge >= 0.3 is 5.97 Å². The highest BCUT2D eigenvalue weighted by atomic mass is 16.5. The van der Waals surface area contributed by atoms with Crippen molar-refractivity contribution in [3.8, 4) is 11.5 Å². The molecular weight excluding hydrogens is 320 g/mol. The maximum atomic E-state index is 12.7. The monoisotopic (exact) mass is 338 g/mol. The third kappa shape index (κ3) is 3.88. The Morgan fingerprint density at radius 3 is 2.52 bits per heavy atom. The molecule has 0 heterocycles. The average Bonchev–Trinajstić information content (AvgIpc) is 2.63. The first-order valence-corrected chi connectivity index (χ1v) is 7.93. The number of Topliss-reactive ketones (excluding diaryl/α,β-unsaturated/α-hetero) is 1. The normalized spacial score (nSPS) is 14.9. The van der Waals surface area contributed by atoms with Gasteiger partial charge in [0.05, 0.1) is 7.11 Å². The SMILES string of the molecule is COc1ccc2c(c1)CC/C(=C/c1ccc(OCC(=O)O)cc1)C2=O. The summed E-state index contributed by atoms with van der Waals surface area (Å²) in [5.74, 6) is 0.261. The number of carbonyl (C=O) groups is 2. The standard InChI is InChI=1S/C20H18O5/c1-24-17-8-9-18-14(11-17)4-5-15(20(18)23)10-13-2-6-16(7-3-13)25-12-19(21)22/h2-3,6-11H,4-5,12H2,1H3,(H,21,22)/b15-10-. The highest BCUT2D eigenvalue weighted by Gasteiger charge is 2.22. The topological polar surface area (TPSA) is 72.8 Å². The van der Waals surface area contributed by atoms with Gasteiger partial charge in [-0.2, -0.15) is 0 Å². The van der Waals surface area contributed by atoms with Crippen LogP contribution in [0.25, 0.3) is 6.08 Å². The smallest absolute Gasteiger partial charge is 0.341 e. The zero-order chi connectivity index (χ0) is 17.8. The lowest BCUT2D eigenvalue weighted by Crippen LogP contribution is -2.14. The highest BCUT2D eigenvalue weighted by molar-refractivity contribution is 6.13. The van der Waals surface area contributed by atoms with Gasteiger partial charge in [-0.15, -0.1) is 0 Å². The number of ether oxygens (including phenoxy) is 2. The molecule has 2 aromatic carbocycles. The van der Waals surface area contributed by atoms with Crippen molar-refractivity contribution in [3.05, 3.63) is 64.7 Å². The molecule has 1 N–H and O–H groups in total. The zero-order valence-electron chi connectivity index (χ0n) is 13.8. The van der Waals surface area contributed by atoms with Crippen molar-refractivity contribution in [2.24, 2.45) is 0 Å². The zero-order valence-corrected chi connectivity index (χ0v) is 13.8. The molecule has 0 bridgehead atoms. The van der Waals surface area contributed by atoms with Gasteiger partial charge in [-0.3, -0.25) is 4.79 Å². The minimum atomic E-state index is -1.02. The second-order valence-corrected chi connectivity index (χ2v) is 5.77. The lowest BCUT2D eigenvalue weighted by Gasteiger charge is -2.18. The molecule has 0 aliphatic heterocycles. The summed E-state index contributed by atoms with van der Waals surface area (Å²) in [5.41, 5.74) is 3.37. The number of carboxylic acid groups (broad SMARTS) is 1. The maximum absolute atomic E-state index is 12.7. The first-order chi connectivity index (χ1) is 12.1. The Bertz CT molecular complexity index is 834. The molecule has 0 radical (unpaired) electrons. The number of methoxy groups -OCH3 is 1. The van der Waals surface area contributed by atoms with E-state index in [4.69, 9.17) is 14.6 Å². The Labute approximate surface area is 145 Å². The number of hydrogen-bond donors (Lipinski definition) is 1. The molecule has 1 aliphatic rings. The van der Waals surface area contributed by atoms with Crippen molar-refractivity contribution in [3.63, 3.8) is 0 Å².